The minimum Gasteiger partial charge on any atom is -0.373 e. The van der Waals surface area contributed by atoms with Gasteiger partial charge in [0.15, 0.2) is 0 Å². The summed E-state index contributed by atoms with van der Waals surface area (Å²) in [5, 5.41) is 2.87. The first-order valence-corrected chi connectivity index (χ1v) is 7.12. The van der Waals surface area contributed by atoms with Crippen molar-refractivity contribution >= 4 is 5.91 Å². The van der Waals surface area contributed by atoms with E-state index in [9.17, 15) is 9.18 Å². The Bertz CT molecular complexity index is 620. The molecule has 2 saturated heterocycles. The van der Waals surface area contributed by atoms with E-state index < -0.39 is 11.7 Å². The summed E-state index contributed by atoms with van der Waals surface area (Å²) in [5.41, 5.74) is 5.90. The first-order chi connectivity index (χ1) is 10.2. The van der Waals surface area contributed by atoms with Gasteiger partial charge in [0.1, 0.15) is 5.82 Å². The average Bonchev–Trinajstić information content (AvgIpc) is 3.09. The number of fused-ring (bicyclic) bond motifs is 2. The molecular weight excluding hydrogens is 271 g/mol. The molecule has 2 heterocycles. The summed E-state index contributed by atoms with van der Waals surface area (Å²) in [7, 11) is 0. The van der Waals surface area contributed by atoms with Crippen LogP contribution in [0.15, 0.2) is 18.2 Å². The van der Waals surface area contributed by atoms with Crippen LogP contribution >= 0.6 is 0 Å². The number of rotatable bonds is 2. The molecule has 0 radical (unpaired) electrons. The molecule has 3 unspecified atom stereocenters. The molecule has 1 aromatic rings. The Morgan fingerprint density at radius 1 is 1.48 bits per heavy atom. The van der Waals surface area contributed by atoms with Gasteiger partial charge < -0.3 is 15.8 Å². The second-order valence-corrected chi connectivity index (χ2v) is 5.39. The van der Waals surface area contributed by atoms with Crippen LogP contribution in [0.4, 0.5) is 4.39 Å². The molecule has 2 bridgehead atoms. The van der Waals surface area contributed by atoms with Crippen LogP contribution in [0.3, 0.4) is 0 Å². The molecule has 0 aliphatic carbocycles. The van der Waals surface area contributed by atoms with Gasteiger partial charge in [-0.15, -0.1) is 0 Å². The third kappa shape index (κ3) is 2.92. The fourth-order valence-electron chi connectivity index (χ4n) is 2.97. The molecule has 3 atom stereocenters. The van der Waals surface area contributed by atoms with Crippen LogP contribution < -0.4 is 11.1 Å². The van der Waals surface area contributed by atoms with Crippen molar-refractivity contribution in [2.24, 2.45) is 5.73 Å². The highest BCUT2D eigenvalue weighted by atomic mass is 19.1. The van der Waals surface area contributed by atoms with Gasteiger partial charge in [-0.1, -0.05) is 11.8 Å². The van der Waals surface area contributed by atoms with E-state index in [0.29, 0.717) is 5.56 Å². The topological polar surface area (TPSA) is 64.4 Å². The number of hydrogen-bond acceptors (Lipinski definition) is 3. The highest BCUT2D eigenvalue weighted by Gasteiger charge is 2.41. The molecule has 4 nitrogen and oxygen atoms in total. The van der Waals surface area contributed by atoms with Crippen LogP contribution in [-0.2, 0) is 4.74 Å². The SMILES string of the molecule is NCC#Cc1ccc(F)c(C(=O)NC2CC3CCC2O3)c1. The van der Waals surface area contributed by atoms with Crippen LogP contribution in [0.5, 0.6) is 0 Å². The summed E-state index contributed by atoms with van der Waals surface area (Å²) in [6, 6.07) is 4.23. The average molecular weight is 288 g/mol. The quantitative estimate of drug-likeness (QED) is 0.803. The monoisotopic (exact) mass is 288 g/mol. The van der Waals surface area contributed by atoms with E-state index in [-0.39, 0.29) is 30.4 Å². The number of carbonyl (C=O) groups is 1. The number of hydrogen-bond donors (Lipinski definition) is 2. The van der Waals surface area contributed by atoms with Gasteiger partial charge in [-0.3, -0.25) is 4.79 Å². The zero-order valence-electron chi connectivity index (χ0n) is 11.6. The number of nitrogens with one attached hydrogen (secondary N) is 1. The van der Waals surface area contributed by atoms with Crippen molar-refractivity contribution in [3.8, 4) is 11.8 Å². The Kier molecular flexibility index (Phi) is 3.91. The zero-order chi connectivity index (χ0) is 14.8. The van der Waals surface area contributed by atoms with Gasteiger partial charge in [-0.05, 0) is 37.5 Å². The minimum absolute atomic E-state index is 0.0154. The fourth-order valence-corrected chi connectivity index (χ4v) is 2.97. The van der Waals surface area contributed by atoms with E-state index in [1.165, 1.54) is 18.2 Å². The van der Waals surface area contributed by atoms with Crippen molar-refractivity contribution in [3.63, 3.8) is 0 Å². The predicted octanol–water partition coefficient (Wildman–Crippen LogP) is 1.19. The highest BCUT2D eigenvalue weighted by molar-refractivity contribution is 5.95. The third-order valence-electron chi connectivity index (χ3n) is 3.97. The highest BCUT2D eigenvalue weighted by Crippen LogP contribution is 2.34. The molecule has 0 spiro atoms. The summed E-state index contributed by atoms with van der Waals surface area (Å²) in [6.45, 7) is 0.224. The van der Waals surface area contributed by atoms with Gasteiger partial charge in [0.2, 0.25) is 0 Å². The second-order valence-electron chi connectivity index (χ2n) is 5.39. The predicted molar refractivity (Wildman–Crippen MR) is 76.1 cm³/mol. The van der Waals surface area contributed by atoms with E-state index in [1.54, 1.807) is 0 Å². The molecule has 0 saturated carbocycles. The van der Waals surface area contributed by atoms with E-state index in [0.717, 1.165) is 19.3 Å². The second kappa shape index (κ2) is 5.84. The maximum atomic E-state index is 13.8. The first kappa shape index (κ1) is 14.1. The molecule has 2 aliphatic heterocycles. The summed E-state index contributed by atoms with van der Waals surface area (Å²) in [6.07, 6.45) is 3.13. The Labute approximate surface area is 122 Å². The molecule has 3 rings (SSSR count). The zero-order valence-corrected chi connectivity index (χ0v) is 11.6. The maximum Gasteiger partial charge on any atom is 0.254 e. The van der Waals surface area contributed by atoms with E-state index in [2.05, 4.69) is 17.2 Å². The van der Waals surface area contributed by atoms with Crippen molar-refractivity contribution < 1.29 is 13.9 Å². The minimum atomic E-state index is -0.546. The van der Waals surface area contributed by atoms with Crippen molar-refractivity contribution in [3.05, 3.63) is 35.1 Å². The largest absolute Gasteiger partial charge is 0.373 e. The lowest BCUT2D eigenvalue weighted by molar-refractivity contribution is 0.0838. The van der Waals surface area contributed by atoms with Gasteiger partial charge in [0.05, 0.1) is 30.4 Å². The van der Waals surface area contributed by atoms with Crippen LogP contribution in [0.25, 0.3) is 0 Å². The lowest BCUT2D eigenvalue weighted by Gasteiger charge is -2.20. The first-order valence-electron chi connectivity index (χ1n) is 7.12. The molecule has 2 fully saturated rings. The van der Waals surface area contributed by atoms with Crippen LogP contribution in [0.1, 0.15) is 35.2 Å². The Morgan fingerprint density at radius 2 is 2.33 bits per heavy atom. The van der Waals surface area contributed by atoms with Gasteiger partial charge >= 0.3 is 0 Å². The summed E-state index contributed by atoms with van der Waals surface area (Å²) < 4.78 is 19.5. The number of nitrogens with two attached hydrogens (primary N) is 1. The normalized spacial score (nSPS) is 26.3. The van der Waals surface area contributed by atoms with Gasteiger partial charge in [0, 0.05) is 5.56 Å². The Balaban J connectivity index is 1.74. The number of halogens is 1. The Morgan fingerprint density at radius 3 is 3.00 bits per heavy atom. The summed E-state index contributed by atoms with van der Waals surface area (Å²) >= 11 is 0. The van der Waals surface area contributed by atoms with Gasteiger partial charge in [-0.2, -0.15) is 0 Å². The molecule has 2 aliphatic rings. The lowest BCUT2D eigenvalue weighted by Crippen LogP contribution is -2.41. The van der Waals surface area contributed by atoms with Crippen molar-refractivity contribution in [2.75, 3.05) is 6.54 Å². The number of ether oxygens (including phenoxy) is 1. The smallest absolute Gasteiger partial charge is 0.254 e. The third-order valence-corrected chi connectivity index (χ3v) is 3.97. The molecule has 0 aromatic heterocycles. The van der Waals surface area contributed by atoms with Gasteiger partial charge in [0.25, 0.3) is 5.91 Å². The van der Waals surface area contributed by atoms with Gasteiger partial charge in [-0.25, -0.2) is 4.39 Å². The lowest BCUT2D eigenvalue weighted by atomic mass is 9.95. The van der Waals surface area contributed by atoms with Crippen molar-refractivity contribution in [1.82, 2.24) is 5.32 Å². The van der Waals surface area contributed by atoms with Crippen LogP contribution in [0.2, 0.25) is 0 Å². The van der Waals surface area contributed by atoms with Crippen molar-refractivity contribution in [1.29, 1.82) is 0 Å². The molecule has 1 aromatic carbocycles. The fraction of sp³-hybridized carbons (Fsp3) is 0.438. The standard InChI is InChI=1S/C16H17FN2O2/c17-13-5-3-10(2-1-7-18)8-12(13)16(20)19-14-9-11-4-6-15(14)21-11/h3,5,8,11,14-15H,4,6-7,9,18H2,(H,19,20). The molecular formula is C16H17FN2O2. The molecule has 110 valence electrons. The molecule has 3 N–H and O–H groups in total. The molecule has 1 amide bonds. The molecule has 21 heavy (non-hydrogen) atoms. The number of benzene rings is 1. The van der Waals surface area contributed by atoms with E-state index >= 15 is 0 Å². The van der Waals surface area contributed by atoms with Crippen molar-refractivity contribution in [2.45, 2.75) is 37.5 Å². The van der Waals surface area contributed by atoms with Crippen LogP contribution in [-0.4, -0.2) is 30.7 Å². The van der Waals surface area contributed by atoms with E-state index in [1.807, 2.05) is 0 Å². The van der Waals surface area contributed by atoms with Crippen LogP contribution in [0, 0.1) is 17.7 Å². The maximum absolute atomic E-state index is 13.8. The Hall–Kier alpha value is -1.90. The number of carbonyl (C=O) groups excluding carboxylic acids is 1. The van der Waals surface area contributed by atoms with E-state index in [4.69, 9.17) is 10.5 Å². The summed E-state index contributed by atoms with van der Waals surface area (Å²) in [4.78, 5) is 12.2. The summed E-state index contributed by atoms with van der Waals surface area (Å²) in [5.74, 6) is 4.53. The molecule has 5 heteroatoms. The number of amides is 1.